The van der Waals surface area contributed by atoms with Crippen molar-refractivity contribution in [1.82, 2.24) is 0 Å². The van der Waals surface area contributed by atoms with Crippen molar-refractivity contribution in [3.8, 4) is 28.2 Å². The number of hydrogen-bond acceptors (Lipinski definition) is 11. The number of Topliss-reactive ketones (excluding diaryl/α,β-unsaturated/α-hetero) is 1. The highest BCUT2D eigenvalue weighted by molar-refractivity contribution is 6.08. The summed E-state index contributed by atoms with van der Waals surface area (Å²) >= 11 is 0. The maximum absolute atomic E-state index is 15.1. The normalized spacial score (nSPS) is 30.7. The molecule has 8 aliphatic rings. The lowest BCUT2D eigenvalue weighted by molar-refractivity contribution is -0.344. The first kappa shape index (κ1) is 40.8. The van der Waals surface area contributed by atoms with Gasteiger partial charge < -0.3 is 28.1 Å². The first-order chi connectivity index (χ1) is 29.8. The molecule has 1 saturated heterocycles. The fraction of sp³-hybridized carbons (Fsp3) is 0.510. The van der Waals surface area contributed by atoms with Gasteiger partial charge in [0.2, 0.25) is 5.78 Å². The summed E-state index contributed by atoms with van der Waals surface area (Å²) in [6.45, 7) is 11.4. The number of benzene rings is 3. The molecule has 0 amide bonds. The molecule has 324 valence electrons. The zero-order chi connectivity index (χ0) is 43.3. The van der Waals surface area contributed by atoms with Crippen LogP contribution in [0.25, 0.3) is 33.4 Å². The third kappa shape index (κ3) is 6.04. The third-order valence-corrected chi connectivity index (χ3v) is 15.6. The van der Waals surface area contributed by atoms with Crippen molar-refractivity contribution in [3.05, 3.63) is 87.8 Å². The number of esters is 3. The Morgan fingerprint density at radius 1 is 0.919 bits per heavy atom. The molecule has 2 aromatic rings. The molecular weight excluding hydrogens is 789 g/mol. The number of ether oxygens (including phenoxy) is 5. The van der Waals surface area contributed by atoms with Gasteiger partial charge in [0.1, 0.15) is 23.2 Å². The lowest BCUT2D eigenvalue weighted by Gasteiger charge is -2.80. The maximum Gasteiger partial charge on any atom is 0.338 e. The molecule has 2 aromatic carbocycles. The maximum atomic E-state index is 15.1. The molecule has 6 aliphatic carbocycles. The van der Waals surface area contributed by atoms with Gasteiger partial charge in [0, 0.05) is 58.2 Å². The summed E-state index contributed by atoms with van der Waals surface area (Å²) in [5.74, 6) is 0.336. The van der Waals surface area contributed by atoms with Crippen LogP contribution < -0.4 is 10.2 Å². The zero-order valence-corrected chi connectivity index (χ0v) is 36.1. The molecule has 2 heterocycles. The molecule has 2 aliphatic heterocycles. The van der Waals surface area contributed by atoms with Crippen LogP contribution in [-0.4, -0.2) is 55.7 Å². The fourth-order valence-electron chi connectivity index (χ4n) is 12.4. The van der Waals surface area contributed by atoms with Crippen LogP contribution in [0.2, 0.25) is 0 Å². The van der Waals surface area contributed by atoms with E-state index in [1.54, 1.807) is 24.3 Å². The van der Waals surface area contributed by atoms with Crippen LogP contribution in [-0.2, 0) is 33.3 Å². The third-order valence-electron chi connectivity index (χ3n) is 15.6. The van der Waals surface area contributed by atoms with Crippen molar-refractivity contribution in [2.75, 3.05) is 19.8 Å². The summed E-state index contributed by atoms with van der Waals surface area (Å²) in [6.07, 6.45) is 4.41. The van der Waals surface area contributed by atoms with Gasteiger partial charge >= 0.3 is 17.9 Å². The van der Waals surface area contributed by atoms with Crippen LogP contribution in [0.4, 0.5) is 0 Å². The first-order valence-electron chi connectivity index (χ1n) is 22.5. The molecule has 0 N–H and O–H groups in total. The summed E-state index contributed by atoms with van der Waals surface area (Å²) < 4.78 is 36.7. The Bertz CT molecular complexity index is 2580. The van der Waals surface area contributed by atoms with Crippen LogP contribution in [0.5, 0.6) is 5.75 Å². The van der Waals surface area contributed by atoms with Gasteiger partial charge in [-0.25, -0.2) is 4.79 Å². The Morgan fingerprint density at radius 2 is 1.73 bits per heavy atom. The molecular formula is C51H54O11. The van der Waals surface area contributed by atoms with Crippen molar-refractivity contribution in [3.63, 3.8) is 0 Å². The average Bonchev–Trinajstić information content (AvgIpc) is 4.09. The molecule has 11 nitrogen and oxygen atoms in total. The predicted molar refractivity (Wildman–Crippen MR) is 228 cm³/mol. The average molecular weight is 843 g/mol. The van der Waals surface area contributed by atoms with E-state index in [4.69, 9.17) is 28.1 Å². The van der Waals surface area contributed by atoms with E-state index in [2.05, 4.69) is 13.8 Å². The van der Waals surface area contributed by atoms with Gasteiger partial charge in [0.05, 0.1) is 42.8 Å². The van der Waals surface area contributed by atoms with E-state index >= 15 is 4.79 Å². The number of carbonyl (C=O) groups excluding carboxylic acids is 4. The zero-order valence-electron chi connectivity index (χ0n) is 36.1. The van der Waals surface area contributed by atoms with Crippen LogP contribution in [0, 0.1) is 45.8 Å². The van der Waals surface area contributed by atoms with Crippen LogP contribution in [0.3, 0.4) is 0 Å². The molecule has 0 radical (unpaired) electrons. The van der Waals surface area contributed by atoms with Gasteiger partial charge in [0.25, 0.3) is 0 Å². The molecule has 62 heavy (non-hydrogen) atoms. The number of fused-ring (bicyclic) bond motifs is 3. The van der Waals surface area contributed by atoms with Crippen molar-refractivity contribution in [1.29, 1.82) is 0 Å². The Hall–Kier alpha value is -5.29. The highest BCUT2D eigenvalue weighted by Crippen LogP contribution is 2.83. The molecule has 0 aromatic heterocycles. The van der Waals surface area contributed by atoms with Crippen molar-refractivity contribution in [2.45, 2.75) is 98.2 Å². The quantitative estimate of drug-likeness (QED) is 0.0583. The van der Waals surface area contributed by atoms with E-state index < -0.39 is 28.9 Å². The van der Waals surface area contributed by atoms with Gasteiger partial charge in [-0.05, 0) is 105 Å². The van der Waals surface area contributed by atoms with Gasteiger partial charge in [-0.3, -0.25) is 19.2 Å². The Morgan fingerprint density at radius 3 is 2.48 bits per heavy atom. The topological polar surface area (TPSA) is 145 Å². The second-order valence-electron chi connectivity index (χ2n) is 19.5. The molecule has 1 spiro atoms. The van der Waals surface area contributed by atoms with Crippen molar-refractivity contribution in [2.24, 2.45) is 45.8 Å². The molecule has 0 bridgehead atoms. The predicted octanol–water partition coefficient (Wildman–Crippen LogP) is 9.11. The highest BCUT2D eigenvalue weighted by Gasteiger charge is 2.84. The number of ketones is 1. The van der Waals surface area contributed by atoms with E-state index in [1.807, 2.05) is 45.0 Å². The first-order valence-corrected chi connectivity index (χ1v) is 22.5. The fourth-order valence-corrected chi connectivity index (χ4v) is 12.4. The second-order valence-corrected chi connectivity index (χ2v) is 19.5. The van der Waals surface area contributed by atoms with Crippen molar-refractivity contribution < 1.29 is 47.3 Å². The minimum absolute atomic E-state index is 0.0625. The number of carbonyl (C=O) groups is 4. The Labute approximate surface area is 360 Å². The van der Waals surface area contributed by atoms with E-state index in [-0.39, 0.29) is 77.8 Å². The Kier molecular flexibility index (Phi) is 9.81. The largest absolute Gasteiger partial charge is 0.493 e. The second kappa shape index (κ2) is 14.9. The van der Waals surface area contributed by atoms with E-state index in [0.29, 0.717) is 64.5 Å². The van der Waals surface area contributed by atoms with Crippen LogP contribution in [0.15, 0.2) is 81.2 Å². The monoisotopic (exact) mass is 842 g/mol. The number of hydrogen-bond donors (Lipinski definition) is 0. The Balaban J connectivity index is 0.874. The summed E-state index contributed by atoms with van der Waals surface area (Å²) in [6, 6.07) is 17.3. The molecule has 8 unspecified atom stereocenters. The van der Waals surface area contributed by atoms with E-state index in [9.17, 15) is 19.2 Å². The SMILES string of the molecule is CC(C)COC(=O)c1ccccc1-c1c2ccc(=O)cc-2oc2cc(OCCCC(=O)OC3CC4OCC4C45CC6CCC(C)C(=C(OC(=O)C7CC7)C(=O)C34C)C65C)ccc12. The molecule has 10 rings (SSSR count). The minimum atomic E-state index is -1.07. The van der Waals surface area contributed by atoms with Crippen molar-refractivity contribution >= 4 is 34.7 Å². The lowest BCUT2D eigenvalue weighted by atomic mass is 9.24. The van der Waals surface area contributed by atoms with Crippen LogP contribution >= 0.6 is 0 Å². The van der Waals surface area contributed by atoms with E-state index in [0.717, 1.165) is 43.2 Å². The number of rotatable bonds is 12. The molecule has 11 heteroatoms. The number of allylic oxidation sites excluding steroid dienone is 2. The minimum Gasteiger partial charge on any atom is -0.493 e. The summed E-state index contributed by atoms with van der Waals surface area (Å²) in [4.78, 5) is 67.9. The summed E-state index contributed by atoms with van der Waals surface area (Å²) in [5.41, 5.74) is 1.79. The smallest absolute Gasteiger partial charge is 0.338 e. The standard InChI is InChI=1S/C51H54O11/c1-27(2)25-59-48(56)34-10-7-6-9-33(34)43-35-18-16-31(52)21-38(35)60-39-22-32(17-19-36(39)43)57-20-8-11-42(53)61-41-23-40-37(26-58-40)51-24-30-15-12-28(3)44(49(30,51)4)45(46(54)50(41,51)5)62-47(55)29-13-14-29/h6-7,9-10,16-19,21-22,27-30,37,40-41H,8,11-15,20,23-26H2,1-5H3. The molecule has 5 fully saturated rings. The molecule has 4 saturated carbocycles. The lowest BCUT2D eigenvalue weighted by Crippen LogP contribution is -2.81. The highest BCUT2D eigenvalue weighted by atomic mass is 16.6. The summed E-state index contributed by atoms with van der Waals surface area (Å²) in [5, 5.41) is 0.714. The van der Waals surface area contributed by atoms with Gasteiger partial charge in [-0.2, -0.15) is 0 Å². The van der Waals surface area contributed by atoms with E-state index in [1.165, 1.54) is 12.1 Å². The van der Waals surface area contributed by atoms with Crippen LogP contribution in [0.1, 0.15) is 96.3 Å². The van der Waals surface area contributed by atoms with Gasteiger partial charge in [0.15, 0.2) is 11.2 Å². The van der Waals surface area contributed by atoms with Gasteiger partial charge in [-0.1, -0.05) is 45.9 Å². The van der Waals surface area contributed by atoms with Gasteiger partial charge in [-0.15, -0.1) is 0 Å². The molecule has 8 atom stereocenters. The summed E-state index contributed by atoms with van der Waals surface area (Å²) in [7, 11) is 0.